The molecule has 8 heteroatoms. The molecule has 4 atom stereocenters. The zero-order valence-electron chi connectivity index (χ0n) is 11.4. The summed E-state index contributed by atoms with van der Waals surface area (Å²) in [5.41, 5.74) is 4.44. The van der Waals surface area contributed by atoms with Crippen LogP contribution in [0.5, 0.6) is 0 Å². The molecular formula is C14H15ClF3N3O. The molecule has 2 aromatic rings. The molecule has 120 valence electrons. The first-order chi connectivity index (χ1) is 9.79. The van der Waals surface area contributed by atoms with Gasteiger partial charge in [-0.2, -0.15) is 18.3 Å². The standard InChI is InChI=1S/C14H14F3N3O.ClH/c15-14(16,17)6-1-10(9-5-19-20-11(9)2-6)13(21)3-7-8(4-13)12(7)18;/h1-2,5,7-8,12,21H,3-4,18H2,(H,19,20);1H/t7-,8+,12+,13-;. The van der Waals surface area contributed by atoms with Gasteiger partial charge in [0.25, 0.3) is 0 Å². The minimum Gasteiger partial charge on any atom is -0.385 e. The average molecular weight is 334 g/mol. The summed E-state index contributed by atoms with van der Waals surface area (Å²) in [6.45, 7) is 0. The van der Waals surface area contributed by atoms with E-state index in [0.29, 0.717) is 23.8 Å². The summed E-state index contributed by atoms with van der Waals surface area (Å²) >= 11 is 0. The van der Waals surface area contributed by atoms with Crippen molar-refractivity contribution in [3.05, 3.63) is 29.5 Å². The molecule has 0 amide bonds. The third-order valence-electron chi connectivity index (χ3n) is 4.93. The van der Waals surface area contributed by atoms with Crippen LogP contribution >= 0.6 is 12.4 Å². The number of aromatic amines is 1. The van der Waals surface area contributed by atoms with Crippen molar-refractivity contribution in [2.24, 2.45) is 17.6 Å². The first-order valence-electron chi connectivity index (χ1n) is 6.82. The van der Waals surface area contributed by atoms with E-state index >= 15 is 0 Å². The van der Waals surface area contributed by atoms with Gasteiger partial charge >= 0.3 is 6.18 Å². The minimum atomic E-state index is -4.46. The van der Waals surface area contributed by atoms with E-state index in [9.17, 15) is 18.3 Å². The van der Waals surface area contributed by atoms with Crippen LogP contribution in [-0.2, 0) is 11.8 Å². The number of aromatic nitrogens is 2. The number of halogens is 4. The first kappa shape index (κ1) is 15.6. The van der Waals surface area contributed by atoms with E-state index in [1.807, 2.05) is 0 Å². The maximum atomic E-state index is 13.0. The second-order valence-electron chi connectivity index (χ2n) is 6.20. The Kier molecular flexibility index (Phi) is 3.25. The summed E-state index contributed by atoms with van der Waals surface area (Å²) in [4.78, 5) is 0. The number of nitrogens with one attached hydrogen (secondary N) is 1. The maximum absolute atomic E-state index is 13.0. The number of nitrogens with two attached hydrogens (primary N) is 1. The fraction of sp³-hybridized carbons (Fsp3) is 0.500. The quantitative estimate of drug-likeness (QED) is 0.751. The molecular weight excluding hydrogens is 319 g/mol. The zero-order valence-corrected chi connectivity index (χ0v) is 12.2. The normalized spacial score (nSPS) is 33.6. The van der Waals surface area contributed by atoms with Crippen molar-refractivity contribution in [3.63, 3.8) is 0 Å². The van der Waals surface area contributed by atoms with Gasteiger partial charge in [0.05, 0.1) is 22.9 Å². The van der Waals surface area contributed by atoms with Gasteiger partial charge in [0.2, 0.25) is 0 Å². The second-order valence-corrected chi connectivity index (χ2v) is 6.20. The fourth-order valence-corrected chi connectivity index (χ4v) is 3.73. The van der Waals surface area contributed by atoms with Gasteiger partial charge in [0.15, 0.2) is 0 Å². The van der Waals surface area contributed by atoms with Crippen LogP contribution in [0.1, 0.15) is 24.0 Å². The number of alkyl halides is 3. The number of hydrogen-bond donors (Lipinski definition) is 3. The Hall–Kier alpha value is -1.31. The molecule has 22 heavy (non-hydrogen) atoms. The molecule has 2 aliphatic carbocycles. The number of nitrogens with zero attached hydrogens (tertiary/aromatic N) is 1. The molecule has 2 saturated carbocycles. The van der Waals surface area contributed by atoms with Crippen LogP contribution in [0.25, 0.3) is 10.9 Å². The molecule has 4 nitrogen and oxygen atoms in total. The van der Waals surface area contributed by atoms with E-state index < -0.39 is 17.3 Å². The monoisotopic (exact) mass is 333 g/mol. The van der Waals surface area contributed by atoms with Crippen molar-refractivity contribution in [3.8, 4) is 0 Å². The van der Waals surface area contributed by atoms with Crippen LogP contribution in [0.15, 0.2) is 18.3 Å². The van der Waals surface area contributed by atoms with Crippen LogP contribution in [0.2, 0.25) is 0 Å². The summed E-state index contributed by atoms with van der Waals surface area (Å²) in [7, 11) is 0. The van der Waals surface area contributed by atoms with Crippen molar-refractivity contribution < 1.29 is 18.3 Å². The molecule has 4 rings (SSSR count). The molecule has 1 aromatic heterocycles. The Morgan fingerprint density at radius 2 is 1.91 bits per heavy atom. The summed E-state index contributed by atoms with van der Waals surface area (Å²) in [5, 5.41) is 17.7. The van der Waals surface area contributed by atoms with Crippen molar-refractivity contribution in [2.45, 2.75) is 30.7 Å². The van der Waals surface area contributed by atoms with Crippen molar-refractivity contribution in [2.75, 3.05) is 0 Å². The highest BCUT2D eigenvalue weighted by Gasteiger charge is 2.60. The Morgan fingerprint density at radius 3 is 2.50 bits per heavy atom. The molecule has 1 aromatic carbocycles. The SMILES string of the molecule is Cl.N[C@@H]1[C@H]2C[C@@](O)(c3cc(C(F)(F)F)cc4[nH]ncc34)C[C@@H]12. The maximum Gasteiger partial charge on any atom is 0.416 e. The van der Waals surface area contributed by atoms with Gasteiger partial charge in [0.1, 0.15) is 0 Å². The van der Waals surface area contributed by atoms with Crippen LogP contribution in [0.4, 0.5) is 13.2 Å². The summed E-state index contributed by atoms with van der Waals surface area (Å²) in [6, 6.07) is 2.15. The van der Waals surface area contributed by atoms with Gasteiger partial charge in [-0.15, -0.1) is 12.4 Å². The lowest BCUT2D eigenvalue weighted by Gasteiger charge is -2.27. The number of benzene rings is 1. The molecule has 0 aliphatic heterocycles. The van der Waals surface area contributed by atoms with Gasteiger partial charge in [-0.05, 0) is 42.4 Å². The lowest BCUT2D eigenvalue weighted by Crippen LogP contribution is -2.28. The van der Waals surface area contributed by atoms with Gasteiger partial charge in [0, 0.05) is 11.4 Å². The highest BCUT2D eigenvalue weighted by molar-refractivity contribution is 5.85. The van der Waals surface area contributed by atoms with E-state index in [2.05, 4.69) is 10.2 Å². The van der Waals surface area contributed by atoms with E-state index in [1.165, 1.54) is 6.20 Å². The molecule has 0 unspecified atom stereocenters. The Bertz CT molecular complexity index is 718. The van der Waals surface area contributed by atoms with Crippen LogP contribution in [0, 0.1) is 11.8 Å². The van der Waals surface area contributed by atoms with Crippen molar-refractivity contribution >= 4 is 23.3 Å². The highest BCUT2D eigenvalue weighted by atomic mass is 35.5. The molecule has 0 radical (unpaired) electrons. The number of fused-ring (bicyclic) bond motifs is 2. The lowest BCUT2D eigenvalue weighted by molar-refractivity contribution is -0.137. The number of H-pyrrole nitrogens is 1. The topological polar surface area (TPSA) is 74.9 Å². The largest absolute Gasteiger partial charge is 0.416 e. The number of rotatable bonds is 1. The minimum absolute atomic E-state index is 0. The summed E-state index contributed by atoms with van der Waals surface area (Å²) in [6.07, 6.45) is -2.16. The smallest absolute Gasteiger partial charge is 0.385 e. The van der Waals surface area contributed by atoms with E-state index in [4.69, 9.17) is 5.73 Å². The second kappa shape index (κ2) is 4.59. The molecule has 2 fully saturated rings. The Labute approximate surface area is 130 Å². The predicted molar refractivity (Wildman–Crippen MR) is 76.4 cm³/mol. The van der Waals surface area contributed by atoms with Gasteiger partial charge in [-0.3, -0.25) is 5.10 Å². The van der Waals surface area contributed by atoms with Crippen molar-refractivity contribution in [1.82, 2.24) is 10.2 Å². The number of aliphatic hydroxyl groups is 1. The van der Waals surface area contributed by atoms with Crippen LogP contribution in [0.3, 0.4) is 0 Å². The fourth-order valence-electron chi connectivity index (χ4n) is 3.73. The Balaban J connectivity index is 0.00000144. The third-order valence-corrected chi connectivity index (χ3v) is 4.93. The van der Waals surface area contributed by atoms with Gasteiger partial charge < -0.3 is 10.8 Å². The molecule has 0 bridgehead atoms. The molecule has 0 spiro atoms. The van der Waals surface area contributed by atoms with E-state index in [0.717, 1.165) is 12.1 Å². The molecule has 4 N–H and O–H groups in total. The van der Waals surface area contributed by atoms with Crippen molar-refractivity contribution in [1.29, 1.82) is 0 Å². The van der Waals surface area contributed by atoms with Crippen LogP contribution in [-0.4, -0.2) is 21.3 Å². The average Bonchev–Trinajstić information content (AvgIpc) is 2.86. The molecule has 1 heterocycles. The molecule has 0 saturated heterocycles. The lowest BCUT2D eigenvalue weighted by atomic mass is 9.85. The van der Waals surface area contributed by atoms with Gasteiger partial charge in [-0.1, -0.05) is 0 Å². The Morgan fingerprint density at radius 1 is 1.27 bits per heavy atom. The predicted octanol–water partition coefficient (Wildman–Crippen LogP) is 2.56. The van der Waals surface area contributed by atoms with Gasteiger partial charge in [-0.25, -0.2) is 0 Å². The van der Waals surface area contributed by atoms with Crippen LogP contribution < -0.4 is 5.73 Å². The zero-order chi connectivity index (χ0) is 15.0. The summed E-state index contributed by atoms with van der Waals surface area (Å²) < 4.78 is 39.1. The number of hydrogen-bond acceptors (Lipinski definition) is 3. The van der Waals surface area contributed by atoms with E-state index in [1.54, 1.807) is 0 Å². The summed E-state index contributed by atoms with van der Waals surface area (Å²) in [5.74, 6) is 0.429. The third kappa shape index (κ3) is 2.11. The molecule has 2 aliphatic rings. The first-order valence-corrected chi connectivity index (χ1v) is 6.82. The van der Waals surface area contributed by atoms with E-state index in [-0.39, 0.29) is 35.8 Å². The highest BCUT2D eigenvalue weighted by Crippen LogP contribution is 2.59.